The number of terminal acetylenes is 2. The second kappa shape index (κ2) is 4.61. The smallest absolute Gasteiger partial charge is 0.162 e. The first-order chi connectivity index (χ1) is 4.72. The molecule has 0 aromatic heterocycles. The van der Waals surface area contributed by atoms with Crippen LogP contribution in [0.1, 0.15) is 12.8 Å². The van der Waals surface area contributed by atoms with Crippen LogP contribution in [0.3, 0.4) is 0 Å². The van der Waals surface area contributed by atoms with Crippen LogP contribution in [-0.4, -0.2) is 11.8 Å². The highest BCUT2D eigenvalue weighted by Gasteiger charge is 2.09. The molecule has 0 rings (SSSR count). The largest absolute Gasteiger partial charge is 0.321 e. The zero-order valence-corrected chi connectivity index (χ0v) is 5.63. The number of nitrogens with two attached hydrogens (primary N) is 1. The van der Waals surface area contributed by atoms with Gasteiger partial charge in [-0.15, -0.1) is 18.8 Å². The molecule has 0 bridgehead atoms. The van der Waals surface area contributed by atoms with E-state index in [2.05, 4.69) is 11.8 Å². The summed E-state index contributed by atoms with van der Waals surface area (Å²) in [5, 5.41) is 0. The molecule has 0 aliphatic heterocycles. The molecule has 0 radical (unpaired) electrons. The van der Waals surface area contributed by atoms with Gasteiger partial charge in [0.15, 0.2) is 5.78 Å². The lowest BCUT2D eigenvalue weighted by Crippen LogP contribution is -2.29. The molecule has 0 saturated carbocycles. The number of ketones is 1. The van der Waals surface area contributed by atoms with Crippen molar-refractivity contribution in [2.24, 2.45) is 5.73 Å². The molecule has 0 aromatic rings. The zero-order chi connectivity index (χ0) is 7.98. The van der Waals surface area contributed by atoms with Gasteiger partial charge in [-0.3, -0.25) is 4.79 Å². The van der Waals surface area contributed by atoms with E-state index in [4.69, 9.17) is 18.6 Å². The van der Waals surface area contributed by atoms with Crippen LogP contribution in [0.5, 0.6) is 0 Å². The molecule has 0 spiro atoms. The third kappa shape index (κ3) is 2.91. The molecule has 2 N–H and O–H groups in total. The molecule has 0 aliphatic carbocycles. The summed E-state index contributed by atoms with van der Waals surface area (Å²) in [5.41, 5.74) is 5.33. The van der Waals surface area contributed by atoms with Crippen molar-refractivity contribution < 1.29 is 4.79 Å². The third-order valence-corrected chi connectivity index (χ3v) is 1.03. The standard InChI is InChI=1S/C8H9NO/c1-3-5-7(9)8(10)6-4-2/h1-2,7H,5-6,9H2. The average Bonchev–Trinajstić information content (AvgIpc) is 1.89. The van der Waals surface area contributed by atoms with Crippen molar-refractivity contribution in [3.63, 3.8) is 0 Å². The van der Waals surface area contributed by atoms with E-state index in [0.29, 0.717) is 0 Å². The summed E-state index contributed by atoms with van der Waals surface area (Å²) in [6.45, 7) is 0. The predicted octanol–water partition coefficient (Wildman–Crippen LogP) is -0.0706. The second-order valence-corrected chi connectivity index (χ2v) is 1.86. The van der Waals surface area contributed by atoms with Crippen molar-refractivity contribution >= 4 is 5.78 Å². The van der Waals surface area contributed by atoms with E-state index >= 15 is 0 Å². The minimum Gasteiger partial charge on any atom is -0.321 e. The highest BCUT2D eigenvalue weighted by Crippen LogP contribution is 1.91. The first-order valence-electron chi connectivity index (χ1n) is 2.87. The van der Waals surface area contributed by atoms with Crippen LogP contribution in [0.4, 0.5) is 0 Å². The van der Waals surface area contributed by atoms with Crippen LogP contribution in [-0.2, 0) is 4.79 Å². The fourth-order valence-electron chi connectivity index (χ4n) is 0.472. The van der Waals surface area contributed by atoms with E-state index in [-0.39, 0.29) is 18.6 Å². The molecular weight excluding hydrogens is 126 g/mol. The molecule has 52 valence electrons. The van der Waals surface area contributed by atoms with E-state index in [0.717, 1.165) is 0 Å². The van der Waals surface area contributed by atoms with Crippen molar-refractivity contribution in [1.82, 2.24) is 0 Å². The Morgan fingerprint density at radius 1 is 1.50 bits per heavy atom. The first kappa shape index (κ1) is 8.75. The van der Waals surface area contributed by atoms with Gasteiger partial charge in [0.2, 0.25) is 0 Å². The Balaban J connectivity index is 3.76. The summed E-state index contributed by atoms with van der Waals surface area (Å²) in [6, 6.07) is -0.582. The lowest BCUT2D eigenvalue weighted by atomic mass is 10.1. The van der Waals surface area contributed by atoms with Crippen LogP contribution in [0.15, 0.2) is 0 Å². The van der Waals surface area contributed by atoms with Crippen LogP contribution < -0.4 is 5.73 Å². The normalized spacial score (nSPS) is 11.1. The summed E-state index contributed by atoms with van der Waals surface area (Å²) in [5.74, 6) is 4.33. The quantitative estimate of drug-likeness (QED) is 0.550. The summed E-state index contributed by atoms with van der Waals surface area (Å²) >= 11 is 0. The summed E-state index contributed by atoms with van der Waals surface area (Å²) in [4.78, 5) is 10.8. The van der Waals surface area contributed by atoms with Gasteiger partial charge < -0.3 is 5.73 Å². The Hall–Kier alpha value is -1.25. The highest BCUT2D eigenvalue weighted by atomic mass is 16.1. The van der Waals surface area contributed by atoms with E-state index in [1.165, 1.54) is 0 Å². The predicted molar refractivity (Wildman–Crippen MR) is 39.9 cm³/mol. The van der Waals surface area contributed by atoms with Gasteiger partial charge in [0.1, 0.15) is 0 Å². The van der Waals surface area contributed by atoms with Crippen molar-refractivity contribution in [1.29, 1.82) is 0 Å². The van der Waals surface area contributed by atoms with E-state index in [1.807, 2.05) is 0 Å². The molecule has 0 amide bonds. The van der Waals surface area contributed by atoms with Gasteiger partial charge in [0.05, 0.1) is 12.5 Å². The molecule has 0 aromatic carbocycles. The monoisotopic (exact) mass is 135 g/mol. The Kier molecular flexibility index (Phi) is 4.04. The molecule has 1 unspecified atom stereocenters. The average molecular weight is 135 g/mol. The molecule has 0 fully saturated rings. The van der Waals surface area contributed by atoms with Crippen LogP contribution in [0, 0.1) is 24.7 Å². The van der Waals surface area contributed by atoms with E-state index in [1.54, 1.807) is 0 Å². The fourth-order valence-corrected chi connectivity index (χ4v) is 0.472. The molecule has 0 saturated heterocycles. The molecular formula is C8H9NO. The summed E-state index contributed by atoms with van der Waals surface area (Å²) in [6.07, 6.45) is 10.2. The van der Waals surface area contributed by atoms with Gasteiger partial charge in [-0.05, 0) is 0 Å². The Bertz CT molecular complexity index is 194. The number of carbonyl (C=O) groups excluding carboxylic acids is 1. The maximum absolute atomic E-state index is 10.8. The first-order valence-corrected chi connectivity index (χ1v) is 2.87. The zero-order valence-electron chi connectivity index (χ0n) is 5.63. The van der Waals surface area contributed by atoms with Crippen LogP contribution >= 0.6 is 0 Å². The SMILES string of the molecule is C#CCC(=O)C(N)CC#C. The summed E-state index contributed by atoms with van der Waals surface area (Å²) < 4.78 is 0. The van der Waals surface area contributed by atoms with Crippen molar-refractivity contribution in [2.45, 2.75) is 18.9 Å². The fraction of sp³-hybridized carbons (Fsp3) is 0.375. The molecule has 0 aliphatic rings. The van der Waals surface area contributed by atoms with Crippen molar-refractivity contribution in [2.75, 3.05) is 0 Å². The van der Waals surface area contributed by atoms with E-state index < -0.39 is 6.04 Å². The number of Topliss-reactive ketones (excluding diaryl/α,β-unsaturated/α-hetero) is 1. The van der Waals surface area contributed by atoms with E-state index in [9.17, 15) is 4.79 Å². The Morgan fingerprint density at radius 2 is 2.10 bits per heavy atom. The van der Waals surface area contributed by atoms with Crippen molar-refractivity contribution in [3.05, 3.63) is 0 Å². The second-order valence-electron chi connectivity index (χ2n) is 1.86. The molecule has 2 nitrogen and oxygen atoms in total. The van der Waals surface area contributed by atoms with Gasteiger partial charge in [-0.25, -0.2) is 0 Å². The van der Waals surface area contributed by atoms with Gasteiger partial charge in [0.25, 0.3) is 0 Å². The molecule has 10 heavy (non-hydrogen) atoms. The Morgan fingerprint density at radius 3 is 2.50 bits per heavy atom. The highest BCUT2D eigenvalue weighted by molar-refractivity contribution is 5.85. The molecule has 2 heteroatoms. The Labute approximate surface area is 60.8 Å². The maximum Gasteiger partial charge on any atom is 0.162 e. The van der Waals surface area contributed by atoms with Gasteiger partial charge in [0, 0.05) is 6.42 Å². The van der Waals surface area contributed by atoms with Gasteiger partial charge in [-0.2, -0.15) is 0 Å². The number of rotatable bonds is 3. The number of carbonyl (C=O) groups is 1. The van der Waals surface area contributed by atoms with Crippen LogP contribution in [0.25, 0.3) is 0 Å². The number of hydrogen-bond acceptors (Lipinski definition) is 2. The van der Waals surface area contributed by atoms with Crippen molar-refractivity contribution in [3.8, 4) is 24.7 Å². The molecule has 0 heterocycles. The minimum absolute atomic E-state index is 0.0723. The maximum atomic E-state index is 10.8. The third-order valence-electron chi connectivity index (χ3n) is 1.03. The van der Waals surface area contributed by atoms with Gasteiger partial charge in [-0.1, -0.05) is 5.92 Å². The minimum atomic E-state index is -0.582. The molecule has 1 atom stereocenters. The lowest BCUT2D eigenvalue weighted by Gasteiger charge is -2.01. The summed E-state index contributed by atoms with van der Waals surface area (Å²) in [7, 11) is 0. The van der Waals surface area contributed by atoms with Crippen LogP contribution in [0.2, 0.25) is 0 Å². The topological polar surface area (TPSA) is 43.1 Å². The van der Waals surface area contributed by atoms with Gasteiger partial charge >= 0.3 is 0 Å². The number of hydrogen-bond donors (Lipinski definition) is 1. The lowest BCUT2D eigenvalue weighted by molar-refractivity contribution is -0.119.